The quantitative estimate of drug-likeness (QED) is 0.644. The highest BCUT2D eigenvalue weighted by Gasteiger charge is 2.49. The number of rotatable bonds is 6. The van der Waals surface area contributed by atoms with Crippen LogP contribution in [0.15, 0.2) is 46.9 Å². The molecule has 0 aliphatic carbocycles. The normalized spacial score (nSPS) is 18.4. The topological polar surface area (TPSA) is 97.0 Å². The van der Waals surface area contributed by atoms with Crippen LogP contribution in [0.2, 0.25) is 0 Å². The highest BCUT2D eigenvalue weighted by Crippen LogP contribution is 2.31. The second kappa shape index (κ2) is 8.12. The molecular formula is C20H20BrN3O5. The Morgan fingerprint density at radius 1 is 1.17 bits per heavy atom. The summed E-state index contributed by atoms with van der Waals surface area (Å²) >= 11 is 3.36. The van der Waals surface area contributed by atoms with Crippen molar-refractivity contribution in [2.45, 2.75) is 12.5 Å². The summed E-state index contributed by atoms with van der Waals surface area (Å²) in [5.74, 6) is -0.0690. The Kier molecular flexibility index (Phi) is 5.78. The van der Waals surface area contributed by atoms with E-state index in [2.05, 4.69) is 26.6 Å². The lowest BCUT2D eigenvalue weighted by atomic mass is 9.92. The van der Waals surface area contributed by atoms with Crippen LogP contribution in [-0.4, -0.2) is 43.5 Å². The van der Waals surface area contributed by atoms with Crippen LogP contribution >= 0.6 is 15.9 Å². The average molecular weight is 462 g/mol. The van der Waals surface area contributed by atoms with E-state index >= 15 is 0 Å². The van der Waals surface area contributed by atoms with Gasteiger partial charge < -0.3 is 20.1 Å². The van der Waals surface area contributed by atoms with Crippen LogP contribution in [-0.2, 0) is 15.1 Å². The molecule has 0 radical (unpaired) electrons. The highest BCUT2D eigenvalue weighted by atomic mass is 79.9. The van der Waals surface area contributed by atoms with Gasteiger partial charge in [0.15, 0.2) is 0 Å². The predicted molar refractivity (Wildman–Crippen MR) is 110 cm³/mol. The lowest BCUT2D eigenvalue weighted by molar-refractivity contribution is -0.133. The molecule has 152 valence electrons. The van der Waals surface area contributed by atoms with Gasteiger partial charge in [-0.1, -0.05) is 28.1 Å². The van der Waals surface area contributed by atoms with E-state index in [9.17, 15) is 14.4 Å². The fourth-order valence-corrected chi connectivity index (χ4v) is 3.47. The maximum absolute atomic E-state index is 13.0. The molecule has 2 aromatic carbocycles. The summed E-state index contributed by atoms with van der Waals surface area (Å²) in [7, 11) is 2.98. The molecule has 1 aliphatic rings. The molecule has 8 nitrogen and oxygen atoms in total. The third-order valence-corrected chi connectivity index (χ3v) is 5.15. The number of carbonyl (C=O) groups is 3. The summed E-state index contributed by atoms with van der Waals surface area (Å²) < 4.78 is 11.1. The van der Waals surface area contributed by atoms with Gasteiger partial charge in [0.05, 0.1) is 19.9 Å². The Morgan fingerprint density at radius 2 is 1.93 bits per heavy atom. The standard InChI is InChI=1S/C20H20BrN3O5/c1-20(12-5-4-6-13(21)9-12)18(26)24(19(27)23-20)11-17(25)22-15-8-7-14(28-2)10-16(15)29-3/h4-10H,11H2,1-3H3,(H,22,25)(H,23,27). The first-order chi connectivity index (χ1) is 13.8. The molecule has 1 unspecified atom stereocenters. The molecule has 0 saturated carbocycles. The number of nitrogens with zero attached hydrogens (tertiary/aromatic N) is 1. The van der Waals surface area contributed by atoms with Crippen molar-refractivity contribution in [2.75, 3.05) is 26.1 Å². The molecule has 1 saturated heterocycles. The van der Waals surface area contributed by atoms with Crippen molar-refractivity contribution in [3.63, 3.8) is 0 Å². The zero-order valence-electron chi connectivity index (χ0n) is 16.1. The van der Waals surface area contributed by atoms with Crippen LogP contribution in [0.4, 0.5) is 10.5 Å². The first kappa shape index (κ1) is 20.7. The number of hydrogen-bond acceptors (Lipinski definition) is 5. The van der Waals surface area contributed by atoms with Crippen LogP contribution < -0.4 is 20.1 Å². The maximum atomic E-state index is 13.0. The van der Waals surface area contributed by atoms with Crippen LogP contribution in [0.25, 0.3) is 0 Å². The second-order valence-corrected chi connectivity index (χ2v) is 7.49. The molecule has 4 amide bonds. The third kappa shape index (κ3) is 4.04. The number of nitrogens with one attached hydrogen (secondary N) is 2. The first-order valence-electron chi connectivity index (χ1n) is 8.70. The minimum Gasteiger partial charge on any atom is -0.497 e. The first-order valence-corrected chi connectivity index (χ1v) is 9.50. The summed E-state index contributed by atoms with van der Waals surface area (Å²) in [5, 5.41) is 5.33. The van der Waals surface area contributed by atoms with Crippen molar-refractivity contribution in [1.29, 1.82) is 0 Å². The number of anilines is 1. The minimum atomic E-state index is -1.25. The Balaban J connectivity index is 1.76. The number of methoxy groups -OCH3 is 2. The van der Waals surface area contributed by atoms with Gasteiger partial charge in [-0.15, -0.1) is 0 Å². The molecule has 0 aromatic heterocycles. The maximum Gasteiger partial charge on any atom is 0.325 e. The van der Waals surface area contributed by atoms with Gasteiger partial charge in [0.2, 0.25) is 5.91 Å². The van der Waals surface area contributed by atoms with Crippen molar-refractivity contribution in [2.24, 2.45) is 0 Å². The van der Waals surface area contributed by atoms with Gasteiger partial charge in [-0.2, -0.15) is 0 Å². The Bertz CT molecular complexity index is 980. The number of ether oxygens (including phenoxy) is 2. The van der Waals surface area contributed by atoms with Gasteiger partial charge in [0.1, 0.15) is 23.6 Å². The number of hydrogen-bond donors (Lipinski definition) is 2. The number of halogens is 1. The predicted octanol–water partition coefficient (Wildman–Crippen LogP) is 2.87. The molecule has 0 bridgehead atoms. The molecule has 9 heteroatoms. The van der Waals surface area contributed by atoms with E-state index in [4.69, 9.17) is 9.47 Å². The monoisotopic (exact) mass is 461 g/mol. The molecule has 2 aromatic rings. The van der Waals surface area contributed by atoms with E-state index < -0.39 is 29.9 Å². The molecular weight excluding hydrogens is 442 g/mol. The molecule has 1 aliphatic heterocycles. The number of urea groups is 1. The van der Waals surface area contributed by atoms with Gasteiger partial charge in [-0.05, 0) is 36.8 Å². The zero-order valence-corrected chi connectivity index (χ0v) is 17.7. The Morgan fingerprint density at radius 3 is 2.59 bits per heavy atom. The third-order valence-electron chi connectivity index (χ3n) is 4.66. The molecule has 1 heterocycles. The summed E-state index contributed by atoms with van der Waals surface area (Å²) in [6.07, 6.45) is 0. The molecule has 29 heavy (non-hydrogen) atoms. The lowest BCUT2D eigenvalue weighted by Crippen LogP contribution is -2.42. The van der Waals surface area contributed by atoms with Crippen LogP contribution in [0.1, 0.15) is 12.5 Å². The van der Waals surface area contributed by atoms with E-state index in [1.165, 1.54) is 14.2 Å². The molecule has 1 fully saturated rings. The number of amides is 4. The van der Waals surface area contributed by atoms with Gasteiger partial charge in [0, 0.05) is 10.5 Å². The van der Waals surface area contributed by atoms with Crippen molar-refractivity contribution >= 4 is 39.5 Å². The van der Waals surface area contributed by atoms with Gasteiger partial charge in [-0.3, -0.25) is 14.5 Å². The van der Waals surface area contributed by atoms with Crippen molar-refractivity contribution in [3.8, 4) is 11.5 Å². The molecule has 0 spiro atoms. The smallest absolute Gasteiger partial charge is 0.325 e. The molecule has 1 atom stereocenters. The Hall–Kier alpha value is -3.07. The number of carbonyl (C=O) groups excluding carboxylic acids is 3. The summed E-state index contributed by atoms with van der Waals surface area (Å²) in [6, 6.07) is 11.4. The van der Waals surface area contributed by atoms with E-state index in [1.54, 1.807) is 43.3 Å². The van der Waals surface area contributed by atoms with E-state index in [0.29, 0.717) is 22.7 Å². The molecule has 3 rings (SSSR count). The highest BCUT2D eigenvalue weighted by molar-refractivity contribution is 9.10. The summed E-state index contributed by atoms with van der Waals surface area (Å²) in [4.78, 5) is 38.8. The number of imide groups is 1. The van der Waals surface area contributed by atoms with Crippen molar-refractivity contribution in [3.05, 3.63) is 52.5 Å². The van der Waals surface area contributed by atoms with Gasteiger partial charge in [0.25, 0.3) is 5.91 Å². The SMILES string of the molecule is COc1ccc(NC(=O)CN2C(=O)NC(C)(c3cccc(Br)c3)C2=O)c(OC)c1. The minimum absolute atomic E-state index is 0.397. The van der Waals surface area contributed by atoms with Crippen LogP contribution in [0.5, 0.6) is 11.5 Å². The van der Waals surface area contributed by atoms with E-state index in [0.717, 1.165) is 9.37 Å². The Labute approximate surface area is 176 Å². The number of benzene rings is 2. The fourth-order valence-electron chi connectivity index (χ4n) is 3.07. The van der Waals surface area contributed by atoms with Crippen molar-refractivity contribution in [1.82, 2.24) is 10.2 Å². The van der Waals surface area contributed by atoms with E-state index in [1.807, 2.05) is 6.07 Å². The van der Waals surface area contributed by atoms with Crippen LogP contribution in [0.3, 0.4) is 0 Å². The second-order valence-electron chi connectivity index (χ2n) is 6.57. The van der Waals surface area contributed by atoms with Gasteiger partial charge in [-0.25, -0.2) is 4.79 Å². The lowest BCUT2D eigenvalue weighted by Gasteiger charge is -2.22. The van der Waals surface area contributed by atoms with Gasteiger partial charge >= 0.3 is 6.03 Å². The summed E-state index contributed by atoms with van der Waals surface area (Å²) in [5.41, 5.74) is -0.232. The van der Waals surface area contributed by atoms with Crippen molar-refractivity contribution < 1.29 is 23.9 Å². The largest absolute Gasteiger partial charge is 0.497 e. The summed E-state index contributed by atoms with van der Waals surface area (Å²) in [6.45, 7) is 1.18. The fraction of sp³-hybridized carbons (Fsp3) is 0.250. The molecule has 2 N–H and O–H groups in total. The average Bonchev–Trinajstić information content (AvgIpc) is 2.92. The zero-order chi connectivity index (χ0) is 21.2. The van der Waals surface area contributed by atoms with E-state index in [-0.39, 0.29) is 0 Å². The van der Waals surface area contributed by atoms with Crippen LogP contribution in [0, 0.1) is 0 Å².